The summed E-state index contributed by atoms with van der Waals surface area (Å²) in [7, 11) is 1.85. The zero-order chi connectivity index (χ0) is 17.4. The Balaban J connectivity index is 2.47. The number of carboxylic acid groups (broad SMARTS) is 1. The topological polar surface area (TPSA) is 85.6 Å². The Morgan fingerprint density at radius 3 is 2.67 bits per heavy atom. The number of ketones is 1. The van der Waals surface area contributed by atoms with Gasteiger partial charge in [-0.1, -0.05) is 6.92 Å². The van der Waals surface area contributed by atoms with Crippen LogP contribution < -0.4 is 4.74 Å². The zero-order valence-corrected chi connectivity index (χ0v) is 13.7. The second kappa shape index (κ2) is 6.11. The third-order valence-corrected chi connectivity index (χ3v) is 4.75. The van der Waals surface area contributed by atoms with E-state index in [0.29, 0.717) is 11.8 Å². The molecule has 24 heavy (non-hydrogen) atoms. The van der Waals surface area contributed by atoms with E-state index in [1.54, 1.807) is 6.07 Å². The van der Waals surface area contributed by atoms with E-state index in [-0.39, 0.29) is 17.6 Å². The number of hydrogen-bond acceptors (Lipinski definition) is 4. The van der Waals surface area contributed by atoms with Gasteiger partial charge in [0, 0.05) is 12.7 Å². The molecule has 0 aliphatic heterocycles. The van der Waals surface area contributed by atoms with E-state index in [4.69, 9.17) is 9.84 Å². The van der Waals surface area contributed by atoms with Crippen LogP contribution in [0.5, 0.6) is 5.75 Å². The van der Waals surface area contributed by atoms with Crippen LogP contribution in [0.2, 0.25) is 0 Å². The number of Topliss-reactive ketones (excluding diaryl/α,β-unsaturated/α-hetero) is 1. The van der Waals surface area contributed by atoms with E-state index in [1.165, 1.54) is 0 Å². The monoisotopic (exact) mass is 329 g/mol. The van der Waals surface area contributed by atoms with Crippen molar-refractivity contribution in [3.05, 3.63) is 28.5 Å². The molecule has 1 aromatic heterocycles. The quantitative estimate of drug-likeness (QED) is 0.306. The maximum Gasteiger partial charge on any atom is 0.511 e. The third kappa shape index (κ3) is 2.38. The van der Waals surface area contributed by atoms with Crippen molar-refractivity contribution in [2.75, 3.05) is 0 Å². The largest absolute Gasteiger partial charge is 0.511 e. The van der Waals surface area contributed by atoms with E-state index in [9.17, 15) is 14.4 Å². The molecular weight excluding hydrogens is 310 g/mol. The van der Waals surface area contributed by atoms with Gasteiger partial charge >= 0.3 is 6.16 Å². The molecule has 0 unspecified atom stereocenters. The Hall–Kier alpha value is -2.63. The highest BCUT2D eigenvalue weighted by atomic mass is 16.7. The van der Waals surface area contributed by atoms with Gasteiger partial charge in [-0.05, 0) is 49.3 Å². The fourth-order valence-corrected chi connectivity index (χ4v) is 3.83. The van der Waals surface area contributed by atoms with Gasteiger partial charge in [0.05, 0.1) is 16.5 Å². The Morgan fingerprint density at radius 1 is 1.33 bits per heavy atom. The van der Waals surface area contributed by atoms with E-state index in [2.05, 4.69) is 0 Å². The molecule has 1 aromatic carbocycles. The Bertz CT molecular complexity index is 862. The molecule has 6 heteroatoms. The van der Waals surface area contributed by atoms with Crippen molar-refractivity contribution in [1.82, 2.24) is 4.57 Å². The van der Waals surface area contributed by atoms with Crippen molar-refractivity contribution in [2.45, 2.75) is 39.0 Å². The van der Waals surface area contributed by atoms with E-state index >= 15 is 0 Å². The van der Waals surface area contributed by atoms with Crippen LogP contribution >= 0.6 is 0 Å². The van der Waals surface area contributed by atoms with Crippen molar-refractivity contribution < 1.29 is 24.2 Å². The number of benzene rings is 1. The van der Waals surface area contributed by atoms with E-state index < -0.39 is 11.9 Å². The van der Waals surface area contributed by atoms with Crippen molar-refractivity contribution in [3.8, 4) is 5.75 Å². The first-order valence-electron chi connectivity index (χ1n) is 8.05. The highest BCUT2D eigenvalue weighted by Crippen LogP contribution is 2.40. The molecular formula is C18H19NO5. The maximum absolute atomic E-state index is 12.2. The second-order valence-electron chi connectivity index (χ2n) is 6.03. The summed E-state index contributed by atoms with van der Waals surface area (Å²) < 4.78 is 6.88. The van der Waals surface area contributed by atoms with E-state index in [1.807, 2.05) is 18.5 Å². The predicted octanol–water partition coefficient (Wildman–Crippen LogP) is 3.06. The fraction of sp³-hybridized carbons (Fsp3) is 0.389. The van der Waals surface area contributed by atoms with Crippen LogP contribution in [0.1, 0.15) is 46.9 Å². The molecule has 0 saturated heterocycles. The molecule has 1 N–H and O–H groups in total. The number of nitrogens with zero attached hydrogens (tertiary/aromatic N) is 1. The smallest absolute Gasteiger partial charge is 0.449 e. The van der Waals surface area contributed by atoms with Crippen LogP contribution in [-0.2, 0) is 31.1 Å². The summed E-state index contributed by atoms with van der Waals surface area (Å²) >= 11 is 0. The molecule has 1 aliphatic rings. The molecule has 6 nitrogen and oxygen atoms in total. The standard InChI is InChI=1S/C18H19NO5/c1-3-12-15(13(21)9-20)16-14(24-18(22)23)8-10-6-4-5-7-11(10)17(16)19(12)2/h8-9H,3-7H2,1-2H3,(H,22,23). The molecule has 0 spiro atoms. The number of aryl methyl sites for hydroxylation is 3. The number of ether oxygens (including phenoxy) is 1. The van der Waals surface area contributed by atoms with Crippen LogP contribution in [-0.4, -0.2) is 27.9 Å². The average molecular weight is 329 g/mol. The SMILES string of the molecule is CCc1c(C(=O)C=O)c2c(OC(=O)O)cc3c(c2n1C)CCCC3. The lowest BCUT2D eigenvalue weighted by Crippen LogP contribution is -2.09. The maximum atomic E-state index is 12.2. The van der Waals surface area contributed by atoms with E-state index in [0.717, 1.165) is 48.0 Å². The minimum Gasteiger partial charge on any atom is -0.449 e. The van der Waals surface area contributed by atoms with Crippen LogP contribution in [0.3, 0.4) is 0 Å². The number of rotatable bonds is 4. The van der Waals surface area contributed by atoms with Gasteiger partial charge in [0.2, 0.25) is 5.78 Å². The molecule has 0 amide bonds. The first-order valence-corrected chi connectivity index (χ1v) is 8.05. The van der Waals surface area contributed by atoms with Gasteiger partial charge < -0.3 is 14.4 Å². The molecule has 126 valence electrons. The summed E-state index contributed by atoms with van der Waals surface area (Å²) in [6, 6.07) is 1.71. The lowest BCUT2D eigenvalue weighted by atomic mass is 9.89. The summed E-state index contributed by atoms with van der Waals surface area (Å²) in [6.07, 6.45) is 3.21. The Kier molecular flexibility index (Phi) is 4.13. The Labute approximate surface area is 139 Å². The summed E-state index contributed by atoms with van der Waals surface area (Å²) in [5.41, 5.74) is 3.96. The second-order valence-corrected chi connectivity index (χ2v) is 6.03. The van der Waals surface area contributed by atoms with Crippen LogP contribution in [0.4, 0.5) is 4.79 Å². The summed E-state index contributed by atoms with van der Waals surface area (Å²) in [4.78, 5) is 34.5. The van der Waals surface area contributed by atoms with Crippen molar-refractivity contribution in [1.29, 1.82) is 0 Å². The first-order chi connectivity index (χ1) is 11.5. The minimum absolute atomic E-state index is 0.138. The number of carbonyl (C=O) groups excluding carboxylic acids is 2. The molecule has 0 radical (unpaired) electrons. The van der Waals surface area contributed by atoms with Crippen LogP contribution in [0.15, 0.2) is 6.07 Å². The normalized spacial score (nSPS) is 13.6. The van der Waals surface area contributed by atoms with Gasteiger partial charge in [0.25, 0.3) is 0 Å². The highest BCUT2D eigenvalue weighted by Gasteiger charge is 2.28. The number of aldehydes is 1. The van der Waals surface area contributed by atoms with Crippen LogP contribution in [0.25, 0.3) is 10.9 Å². The average Bonchev–Trinajstić information content (AvgIpc) is 2.87. The van der Waals surface area contributed by atoms with Gasteiger partial charge in [-0.15, -0.1) is 0 Å². The zero-order valence-electron chi connectivity index (χ0n) is 13.7. The molecule has 1 heterocycles. The lowest BCUT2D eigenvalue weighted by Gasteiger charge is -2.19. The summed E-state index contributed by atoms with van der Waals surface area (Å²) in [5.74, 6) is -0.512. The third-order valence-electron chi connectivity index (χ3n) is 4.75. The highest BCUT2D eigenvalue weighted by molar-refractivity contribution is 6.37. The number of hydrogen-bond donors (Lipinski definition) is 1. The number of aromatic nitrogens is 1. The minimum atomic E-state index is -1.43. The molecule has 2 aromatic rings. The van der Waals surface area contributed by atoms with Gasteiger partial charge in [0.1, 0.15) is 5.75 Å². The Morgan fingerprint density at radius 2 is 2.04 bits per heavy atom. The molecule has 1 aliphatic carbocycles. The molecule has 0 atom stereocenters. The van der Waals surface area contributed by atoms with Crippen molar-refractivity contribution in [2.24, 2.45) is 7.05 Å². The number of fused-ring (bicyclic) bond motifs is 3. The van der Waals surface area contributed by atoms with Crippen molar-refractivity contribution in [3.63, 3.8) is 0 Å². The summed E-state index contributed by atoms with van der Waals surface area (Å²) in [6.45, 7) is 1.90. The lowest BCUT2D eigenvalue weighted by molar-refractivity contribution is -0.104. The van der Waals surface area contributed by atoms with Crippen LogP contribution in [0, 0.1) is 0 Å². The van der Waals surface area contributed by atoms with Crippen molar-refractivity contribution >= 4 is 29.1 Å². The molecule has 3 rings (SSSR count). The summed E-state index contributed by atoms with van der Waals surface area (Å²) in [5, 5.41) is 9.51. The first kappa shape index (κ1) is 16.2. The molecule has 0 saturated carbocycles. The predicted molar refractivity (Wildman–Crippen MR) is 88.0 cm³/mol. The van der Waals surface area contributed by atoms with Gasteiger partial charge in [-0.2, -0.15) is 0 Å². The fourth-order valence-electron chi connectivity index (χ4n) is 3.83. The van der Waals surface area contributed by atoms with Gasteiger partial charge in [-0.3, -0.25) is 9.59 Å². The molecule has 0 fully saturated rings. The van der Waals surface area contributed by atoms with Gasteiger partial charge in [-0.25, -0.2) is 4.79 Å². The molecule has 0 bridgehead atoms. The van der Waals surface area contributed by atoms with Gasteiger partial charge in [0.15, 0.2) is 6.29 Å². The number of carbonyl (C=O) groups is 3.